The Kier molecular flexibility index (Phi) is 24.0. The summed E-state index contributed by atoms with van der Waals surface area (Å²) >= 11 is 2.55. The van der Waals surface area contributed by atoms with Gasteiger partial charge in [-0.25, -0.2) is 0 Å². The standard InChI is InChI=1S/C12H14.C12H12.C11H11.C10H12.C9H10.2C8H10.V.W/c2*1-7-8(2)10(4)12(6)11(5)9(7)3;1-7-6-8(2)10(4)11(5)9(7)3;1-6-7(2)9(4)10(5)8(6)3;1-6-5-7(2)9(4)8(6)3;2*1-5-6(2)8(4)7(5)3;;/h1-4H2,5-6H3;1-6H2;1,3-5H2,2H3;1-3H2,4-5H3;1,3H2,2,4H3;2*1-2H2,3-4H3;;/q;;-1;;;;;;. The molecule has 0 saturated carbocycles. The average molecular weight is 1160 g/mol. The van der Waals surface area contributed by atoms with Crippen molar-refractivity contribution in [1.29, 1.82) is 0 Å². The molecule has 0 saturated heterocycles. The molecule has 0 bridgehead atoms. The summed E-state index contributed by atoms with van der Waals surface area (Å²) in [5.74, 6) is 0. The monoisotopic (exact) mass is 1150 g/mol. The molecule has 0 aliphatic heterocycles. The summed E-state index contributed by atoms with van der Waals surface area (Å²) in [6.07, 6.45) is 0. The Labute approximate surface area is 457 Å². The number of allylic oxidation sites excluding steroid dienone is 17. The van der Waals surface area contributed by atoms with Gasteiger partial charge in [-0.15, -0.1) is 47.0 Å². The molecule has 0 heterocycles. The van der Waals surface area contributed by atoms with Gasteiger partial charge in [0.25, 0.3) is 0 Å². The quantitative estimate of drug-likeness (QED) is 0.204. The molecule has 4 aliphatic rings. The predicted octanol–water partition coefficient (Wildman–Crippen LogP) is 7.60. The van der Waals surface area contributed by atoms with Crippen LogP contribution in [0.1, 0.15) is 72.1 Å². The number of aryl methyl sites for hydroxylation is 1. The first-order chi connectivity index (χ1) is 32.4. The van der Waals surface area contributed by atoms with Gasteiger partial charge in [0.15, 0.2) is 0 Å². The van der Waals surface area contributed by atoms with Crippen molar-refractivity contribution in [3.8, 4) is 0 Å². The van der Waals surface area contributed by atoms with Crippen molar-refractivity contribution < 1.29 is 38.0 Å². The molecular formula is C70H79VW-. The van der Waals surface area contributed by atoms with Crippen molar-refractivity contribution in [1.82, 2.24) is 0 Å². The summed E-state index contributed by atoms with van der Waals surface area (Å²) in [5, 5.41) is 12.2. The molecular weight excluding hydrogens is 1080 g/mol. The van der Waals surface area contributed by atoms with Gasteiger partial charge in [-0.05, 0) is 191 Å². The Morgan fingerprint density at radius 2 is 0.431 bits per heavy atom. The molecule has 0 unspecified atom stereocenters. The fourth-order valence-electron chi connectivity index (χ4n) is 7.10. The Morgan fingerprint density at radius 3 is 0.611 bits per heavy atom. The van der Waals surface area contributed by atoms with Crippen LogP contribution in [0.5, 0.6) is 0 Å². The van der Waals surface area contributed by atoms with Gasteiger partial charge in [-0.3, -0.25) is 0 Å². The van der Waals surface area contributed by atoms with Crippen LogP contribution in [0, 0.1) is 26.8 Å². The van der Waals surface area contributed by atoms with E-state index in [1.807, 2.05) is 20.8 Å². The molecule has 72 heavy (non-hydrogen) atoms. The van der Waals surface area contributed by atoms with E-state index >= 15 is 0 Å². The van der Waals surface area contributed by atoms with Crippen molar-refractivity contribution >= 4 is 96.3 Å². The SMILES string of the molecule is C=C1C(=C)C(C)=C(C)C1=C.C=C1C(=C)C(C)=C(C)[C]1=[V].C=C1C(=C)C(C)=C1C.C=C1C(=C)C(C)=C1C.C=c1[c-]c(C)c(=C)c(=C)c1=C.C=c1c(=C)c(=C)c(=C)c(=C)c1=C.C=c1c(C)c(C)c(=C)c(=C)c1=C.[W]. The van der Waals surface area contributed by atoms with E-state index in [0.717, 1.165) is 129 Å². The Hall–Kier alpha value is -6.40. The van der Waals surface area contributed by atoms with E-state index in [4.69, 9.17) is 0 Å². The molecule has 3 aromatic rings. The van der Waals surface area contributed by atoms with Crippen molar-refractivity contribution in [2.75, 3.05) is 0 Å². The summed E-state index contributed by atoms with van der Waals surface area (Å²) in [5.41, 5.74) is 23.4. The molecule has 0 aromatic heterocycles. The van der Waals surface area contributed by atoms with E-state index in [1.165, 1.54) is 59.9 Å². The third-order valence-corrected chi connectivity index (χ3v) is 15.5. The zero-order valence-electron chi connectivity index (χ0n) is 46.1. The van der Waals surface area contributed by atoms with Gasteiger partial charge in [0.1, 0.15) is 0 Å². The van der Waals surface area contributed by atoms with Crippen LogP contribution in [0.4, 0.5) is 0 Å². The zero-order valence-corrected chi connectivity index (χ0v) is 50.4. The van der Waals surface area contributed by atoms with Crippen LogP contribution in [0.2, 0.25) is 0 Å². The summed E-state index contributed by atoms with van der Waals surface area (Å²) in [6.45, 7) is 112. The number of hydrogen-bond acceptors (Lipinski definition) is 0. The Bertz CT molecular complexity index is 3470. The van der Waals surface area contributed by atoms with Crippen LogP contribution in [-0.4, -0.2) is 4.23 Å². The second kappa shape index (κ2) is 26.3. The second-order valence-corrected chi connectivity index (χ2v) is 19.1. The van der Waals surface area contributed by atoms with E-state index in [-0.39, 0.29) is 21.1 Å². The number of hydrogen-bond donors (Lipinski definition) is 0. The van der Waals surface area contributed by atoms with Gasteiger partial charge in [0.05, 0.1) is 0 Å². The van der Waals surface area contributed by atoms with Gasteiger partial charge in [0, 0.05) is 21.1 Å². The fraction of sp³-hybridized carbons (Fsp3) is 0.157. The minimum atomic E-state index is 0. The summed E-state index contributed by atoms with van der Waals surface area (Å²) in [4.78, 5) is 0. The topological polar surface area (TPSA) is 0 Å². The van der Waals surface area contributed by atoms with Crippen molar-refractivity contribution in [3.05, 3.63) is 250 Å². The van der Waals surface area contributed by atoms with Crippen LogP contribution in [0.15, 0.2) is 154 Å². The van der Waals surface area contributed by atoms with E-state index < -0.39 is 0 Å². The van der Waals surface area contributed by atoms with Gasteiger partial charge in [-0.1, -0.05) is 119 Å². The third-order valence-electron chi connectivity index (χ3n) is 14.5. The first-order valence-corrected chi connectivity index (χ1v) is 23.6. The van der Waals surface area contributed by atoms with Crippen LogP contribution >= 0.6 is 0 Å². The van der Waals surface area contributed by atoms with E-state index in [1.54, 1.807) is 0 Å². The average Bonchev–Trinajstić information content (AvgIpc) is 3.64. The third kappa shape index (κ3) is 14.0. The minimum Gasteiger partial charge on any atom is -0.171 e. The van der Waals surface area contributed by atoms with Crippen LogP contribution in [-0.2, 0) is 38.0 Å². The molecule has 0 nitrogen and oxygen atoms in total. The second-order valence-electron chi connectivity index (χ2n) is 18.4. The van der Waals surface area contributed by atoms with Crippen molar-refractivity contribution in [2.45, 2.75) is 76.2 Å². The molecule has 3 aromatic carbocycles. The molecule has 7 rings (SSSR count). The van der Waals surface area contributed by atoms with Crippen molar-refractivity contribution in [3.63, 3.8) is 0 Å². The van der Waals surface area contributed by atoms with Crippen LogP contribution in [0.25, 0.3) is 92.1 Å². The van der Waals surface area contributed by atoms with Crippen molar-refractivity contribution in [2.24, 2.45) is 0 Å². The molecule has 371 valence electrons. The predicted molar refractivity (Wildman–Crippen MR) is 325 cm³/mol. The maximum Gasteiger partial charge on any atom is 0 e. The molecule has 0 amide bonds. The Balaban J connectivity index is 0.000000819. The van der Waals surface area contributed by atoms with Crippen LogP contribution < -0.4 is 73.1 Å². The smallest absolute Gasteiger partial charge is 0 e. The van der Waals surface area contributed by atoms with Gasteiger partial charge in [-0.2, -0.15) is 11.8 Å². The molecule has 0 radical (unpaired) electrons. The zero-order chi connectivity index (χ0) is 55.9. The first kappa shape index (κ1) is 65.6. The molecule has 0 N–H and O–H groups in total. The summed E-state index contributed by atoms with van der Waals surface area (Å²) in [6, 6.07) is 3.07. The molecule has 0 atom stereocenters. The Morgan fingerprint density at radius 1 is 0.236 bits per heavy atom. The first-order valence-electron chi connectivity index (χ1n) is 22.9. The van der Waals surface area contributed by atoms with Gasteiger partial charge >= 0.3 is 70.5 Å². The normalized spacial score (nSPS) is 14.5. The number of benzene rings is 3. The maximum atomic E-state index is 3.95. The van der Waals surface area contributed by atoms with E-state index in [0.29, 0.717) is 0 Å². The maximum absolute atomic E-state index is 3.95. The van der Waals surface area contributed by atoms with E-state index in [9.17, 15) is 0 Å². The van der Waals surface area contributed by atoms with Crippen LogP contribution in [0.3, 0.4) is 0 Å². The molecule has 0 spiro atoms. The van der Waals surface area contributed by atoms with E-state index in [2.05, 4.69) is 230 Å². The summed E-state index contributed by atoms with van der Waals surface area (Å²) in [7, 11) is 0. The van der Waals surface area contributed by atoms with Gasteiger partial charge in [0.2, 0.25) is 0 Å². The summed E-state index contributed by atoms with van der Waals surface area (Å²) < 4.78 is 1.23. The number of rotatable bonds is 0. The van der Waals surface area contributed by atoms with Gasteiger partial charge < -0.3 is 0 Å². The molecule has 0 fully saturated rings. The molecule has 2 heteroatoms. The fourth-order valence-corrected chi connectivity index (χ4v) is 7.58. The largest absolute Gasteiger partial charge is 0.171 e. The minimum absolute atomic E-state index is 0. The molecule has 4 aliphatic carbocycles.